The molecule has 86 valence electrons. The van der Waals surface area contributed by atoms with Crippen molar-refractivity contribution in [2.45, 2.75) is 12.8 Å². The van der Waals surface area contributed by atoms with E-state index in [2.05, 4.69) is 0 Å². The molecule has 0 heterocycles. The van der Waals surface area contributed by atoms with Crippen LogP contribution in [0.2, 0.25) is 5.02 Å². The number of rotatable bonds is 4. The highest BCUT2D eigenvalue weighted by molar-refractivity contribution is 6.31. The number of carboxylic acid groups (broad SMARTS) is 1. The maximum absolute atomic E-state index is 12.9. The molecule has 3 nitrogen and oxygen atoms in total. The van der Waals surface area contributed by atoms with Crippen molar-refractivity contribution in [1.29, 1.82) is 0 Å². The number of aliphatic carboxylic acids is 1. The van der Waals surface area contributed by atoms with Crippen LogP contribution in [0.15, 0.2) is 12.1 Å². The lowest BCUT2D eigenvalue weighted by atomic mass is 10.1. The molecule has 0 aliphatic carbocycles. The maximum Gasteiger partial charge on any atom is 0.303 e. The summed E-state index contributed by atoms with van der Waals surface area (Å²) in [7, 11) is 0. The molecule has 0 unspecified atom stereocenters. The number of hydrogen-bond donors (Lipinski definition) is 1. The lowest BCUT2D eigenvalue weighted by Gasteiger charge is -2.02. The molecule has 0 amide bonds. The highest BCUT2D eigenvalue weighted by atomic mass is 35.5. The summed E-state index contributed by atoms with van der Waals surface area (Å²) in [5, 5.41) is 7.85. The first-order chi connectivity index (χ1) is 7.41. The Bertz CT molecular complexity index is 423. The van der Waals surface area contributed by atoms with Crippen molar-refractivity contribution in [1.82, 2.24) is 0 Å². The lowest BCUT2D eigenvalue weighted by Crippen LogP contribution is -2.05. The average Bonchev–Trinajstić information content (AvgIpc) is 2.21. The molecule has 1 N–H and O–H groups in total. The summed E-state index contributed by atoms with van der Waals surface area (Å²) < 4.78 is 25.6. The molecule has 0 bridgehead atoms. The second-order valence-corrected chi connectivity index (χ2v) is 3.48. The van der Waals surface area contributed by atoms with Crippen molar-refractivity contribution in [2.75, 3.05) is 0 Å². The van der Waals surface area contributed by atoms with Gasteiger partial charge in [0.25, 0.3) is 0 Å². The van der Waals surface area contributed by atoms with E-state index in [-0.39, 0.29) is 18.4 Å². The molecule has 0 saturated heterocycles. The number of carbonyl (C=O) groups is 2. The van der Waals surface area contributed by atoms with Gasteiger partial charge in [0.15, 0.2) is 17.4 Å². The second-order valence-electron chi connectivity index (χ2n) is 3.07. The van der Waals surface area contributed by atoms with Crippen LogP contribution in [-0.4, -0.2) is 16.9 Å². The summed E-state index contributed by atoms with van der Waals surface area (Å²) in [6, 6.07) is 1.68. The first-order valence-electron chi connectivity index (χ1n) is 4.31. The first kappa shape index (κ1) is 12.6. The number of carbonyl (C=O) groups excluding carboxylic acids is 1. The molecule has 16 heavy (non-hydrogen) atoms. The Labute approximate surface area is 94.6 Å². The normalized spacial score (nSPS) is 10.2. The highest BCUT2D eigenvalue weighted by Crippen LogP contribution is 2.20. The van der Waals surface area contributed by atoms with Gasteiger partial charge in [0, 0.05) is 12.0 Å². The van der Waals surface area contributed by atoms with E-state index in [1.807, 2.05) is 0 Å². The van der Waals surface area contributed by atoms with Crippen molar-refractivity contribution in [3.63, 3.8) is 0 Å². The Morgan fingerprint density at radius 1 is 1.25 bits per heavy atom. The average molecular weight is 249 g/mol. The molecular formula is C10H7ClF2O3. The first-order valence-corrected chi connectivity index (χ1v) is 4.69. The summed E-state index contributed by atoms with van der Waals surface area (Å²) in [6.45, 7) is 0. The summed E-state index contributed by atoms with van der Waals surface area (Å²) >= 11 is 5.34. The van der Waals surface area contributed by atoms with Gasteiger partial charge in [0.1, 0.15) is 0 Å². The topological polar surface area (TPSA) is 54.4 Å². The summed E-state index contributed by atoms with van der Waals surface area (Å²) in [5.41, 5.74) is -0.134. The number of halogens is 3. The van der Waals surface area contributed by atoms with E-state index in [0.29, 0.717) is 6.07 Å². The zero-order valence-electron chi connectivity index (χ0n) is 7.97. The predicted octanol–water partition coefficient (Wildman–Crippen LogP) is 2.67. The van der Waals surface area contributed by atoms with E-state index in [9.17, 15) is 18.4 Å². The molecule has 1 aromatic rings. The lowest BCUT2D eigenvalue weighted by molar-refractivity contribution is -0.136. The number of benzene rings is 1. The number of Topliss-reactive ketones (excluding diaryl/α,β-unsaturated/α-hetero) is 1. The van der Waals surface area contributed by atoms with Crippen LogP contribution in [0.4, 0.5) is 8.78 Å². The Balaban J connectivity index is 2.88. The smallest absolute Gasteiger partial charge is 0.303 e. The van der Waals surface area contributed by atoms with Gasteiger partial charge in [0.05, 0.1) is 11.4 Å². The van der Waals surface area contributed by atoms with Crippen LogP contribution in [0.1, 0.15) is 23.2 Å². The summed E-state index contributed by atoms with van der Waals surface area (Å²) in [6.07, 6.45) is -0.647. The van der Waals surface area contributed by atoms with Gasteiger partial charge in [-0.2, -0.15) is 0 Å². The molecule has 0 aromatic heterocycles. The van der Waals surface area contributed by atoms with Crippen LogP contribution >= 0.6 is 11.6 Å². The molecule has 0 aliphatic rings. The molecule has 0 radical (unpaired) electrons. The van der Waals surface area contributed by atoms with E-state index in [4.69, 9.17) is 16.7 Å². The molecule has 6 heteroatoms. The van der Waals surface area contributed by atoms with Gasteiger partial charge in [-0.3, -0.25) is 9.59 Å². The van der Waals surface area contributed by atoms with Crippen LogP contribution in [0.5, 0.6) is 0 Å². The zero-order chi connectivity index (χ0) is 12.3. The summed E-state index contributed by atoms with van der Waals surface area (Å²) in [4.78, 5) is 21.6. The monoisotopic (exact) mass is 248 g/mol. The molecule has 0 spiro atoms. The van der Waals surface area contributed by atoms with E-state index in [1.165, 1.54) is 0 Å². The van der Waals surface area contributed by atoms with Gasteiger partial charge >= 0.3 is 5.97 Å². The van der Waals surface area contributed by atoms with Crippen molar-refractivity contribution >= 4 is 23.4 Å². The van der Waals surface area contributed by atoms with Gasteiger partial charge in [-0.05, 0) is 12.1 Å². The molecule has 0 fully saturated rings. The predicted molar refractivity (Wildman–Crippen MR) is 52.6 cm³/mol. The summed E-state index contributed by atoms with van der Waals surface area (Å²) in [5.74, 6) is -4.19. The van der Waals surface area contributed by atoms with Crippen LogP contribution in [-0.2, 0) is 4.79 Å². The zero-order valence-corrected chi connectivity index (χ0v) is 8.72. The van der Waals surface area contributed by atoms with Crippen LogP contribution in [0, 0.1) is 11.6 Å². The van der Waals surface area contributed by atoms with Gasteiger partial charge in [-0.15, -0.1) is 0 Å². The fourth-order valence-electron chi connectivity index (χ4n) is 1.08. The van der Waals surface area contributed by atoms with Gasteiger partial charge < -0.3 is 5.11 Å². The number of ketones is 1. The van der Waals surface area contributed by atoms with E-state index >= 15 is 0 Å². The molecular weight excluding hydrogens is 242 g/mol. The largest absolute Gasteiger partial charge is 0.481 e. The minimum absolute atomic E-state index is 0.134. The minimum atomic E-state index is -1.23. The van der Waals surface area contributed by atoms with E-state index in [1.54, 1.807) is 0 Å². The Hall–Kier alpha value is -1.49. The quantitative estimate of drug-likeness (QED) is 0.658. The van der Waals surface area contributed by atoms with Crippen molar-refractivity contribution in [3.8, 4) is 0 Å². The second kappa shape index (κ2) is 5.03. The van der Waals surface area contributed by atoms with Gasteiger partial charge in [0.2, 0.25) is 0 Å². The number of carboxylic acids is 1. The SMILES string of the molecule is O=C(O)CCC(=O)c1cc(F)c(F)c(Cl)c1. The van der Waals surface area contributed by atoms with Gasteiger partial charge in [-0.25, -0.2) is 8.78 Å². The molecule has 1 rings (SSSR count). The third-order valence-electron chi connectivity index (χ3n) is 1.87. The third kappa shape index (κ3) is 3.00. The van der Waals surface area contributed by atoms with Crippen molar-refractivity contribution in [2.24, 2.45) is 0 Å². The van der Waals surface area contributed by atoms with E-state index in [0.717, 1.165) is 6.07 Å². The molecule has 0 saturated carbocycles. The highest BCUT2D eigenvalue weighted by Gasteiger charge is 2.14. The standard InChI is InChI=1S/C10H7ClF2O3/c11-6-3-5(4-7(12)10(6)13)8(14)1-2-9(15)16/h3-4H,1-2H2,(H,15,16). The Kier molecular flexibility index (Phi) is 3.95. The minimum Gasteiger partial charge on any atom is -0.481 e. The van der Waals surface area contributed by atoms with Crippen LogP contribution < -0.4 is 0 Å². The Morgan fingerprint density at radius 3 is 2.38 bits per heavy atom. The fourth-order valence-corrected chi connectivity index (χ4v) is 1.29. The van der Waals surface area contributed by atoms with Crippen LogP contribution in [0.25, 0.3) is 0 Å². The Morgan fingerprint density at radius 2 is 1.88 bits per heavy atom. The van der Waals surface area contributed by atoms with Crippen molar-refractivity contribution in [3.05, 3.63) is 34.4 Å². The van der Waals surface area contributed by atoms with Crippen LogP contribution in [0.3, 0.4) is 0 Å². The molecule has 0 atom stereocenters. The third-order valence-corrected chi connectivity index (χ3v) is 2.15. The number of hydrogen-bond acceptors (Lipinski definition) is 2. The van der Waals surface area contributed by atoms with Crippen molar-refractivity contribution < 1.29 is 23.5 Å². The van der Waals surface area contributed by atoms with Gasteiger partial charge in [-0.1, -0.05) is 11.6 Å². The maximum atomic E-state index is 12.9. The molecule has 1 aromatic carbocycles. The van der Waals surface area contributed by atoms with E-state index < -0.39 is 28.4 Å². The molecule has 0 aliphatic heterocycles. The fraction of sp³-hybridized carbons (Fsp3) is 0.200.